The highest BCUT2D eigenvalue weighted by Crippen LogP contribution is 2.36. The quantitative estimate of drug-likeness (QED) is 0.129. The topological polar surface area (TPSA) is 136 Å². The monoisotopic (exact) mass is 719 g/mol. The van der Waals surface area contributed by atoms with Crippen molar-refractivity contribution in [3.05, 3.63) is 132 Å². The number of likely N-dealkylation sites (tertiary alicyclic amines) is 2. The first kappa shape index (κ1) is 35.1. The van der Waals surface area contributed by atoms with Gasteiger partial charge in [-0.2, -0.15) is 0 Å². The van der Waals surface area contributed by atoms with E-state index in [1.165, 1.54) is 6.42 Å². The van der Waals surface area contributed by atoms with Crippen molar-refractivity contribution >= 4 is 11.8 Å². The number of carbonyl (C=O) groups excluding carboxylic acids is 2. The minimum atomic E-state index is -0.276. The molecule has 2 amide bonds. The van der Waals surface area contributed by atoms with Gasteiger partial charge in [-0.1, -0.05) is 91.3 Å². The summed E-state index contributed by atoms with van der Waals surface area (Å²) in [6, 6.07) is 27.3. The molecule has 3 aromatic carbocycles. The van der Waals surface area contributed by atoms with Gasteiger partial charge in [0.25, 0.3) is 0 Å². The van der Waals surface area contributed by atoms with Crippen LogP contribution in [0.25, 0.3) is 33.9 Å². The van der Waals surface area contributed by atoms with Crippen molar-refractivity contribution in [2.24, 2.45) is 0 Å². The molecular formula is C43H45N9O2. The van der Waals surface area contributed by atoms with E-state index in [2.05, 4.69) is 47.3 Å². The van der Waals surface area contributed by atoms with Crippen molar-refractivity contribution in [1.82, 2.24) is 45.0 Å². The Bertz CT molecular complexity index is 2160. The Hall–Kier alpha value is -5.94. The Morgan fingerprint density at radius 2 is 1.39 bits per heavy atom. The van der Waals surface area contributed by atoms with E-state index in [-0.39, 0.29) is 29.9 Å². The number of aromatic nitrogens is 6. The molecule has 2 aliphatic rings. The van der Waals surface area contributed by atoms with Crippen LogP contribution >= 0.6 is 0 Å². The fourth-order valence-electron chi connectivity index (χ4n) is 7.71. The largest absolute Gasteiger partial charge is 0.346 e. The maximum absolute atomic E-state index is 14.3. The fourth-order valence-corrected chi connectivity index (χ4v) is 7.71. The maximum atomic E-state index is 14.3. The van der Waals surface area contributed by atoms with Crippen LogP contribution < -0.4 is 5.32 Å². The fraction of sp³-hybridized carbons (Fsp3) is 0.302. The third-order valence-electron chi connectivity index (χ3n) is 10.6. The second-order valence-corrected chi connectivity index (χ2v) is 14.3. The van der Waals surface area contributed by atoms with Crippen molar-refractivity contribution in [3.63, 3.8) is 0 Å². The van der Waals surface area contributed by atoms with Crippen molar-refractivity contribution < 1.29 is 9.59 Å². The molecule has 3 aromatic heterocycles. The lowest BCUT2D eigenvalue weighted by atomic mass is 10.00. The molecule has 0 radical (unpaired) electrons. The lowest BCUT2D eigenvalue weighted by Crippen LogP contribution is -2.44. The van der Waals surface area contributed by atoms with Gasteiger partial charge in [0.05, 0.1) is 42.3 Å². The number of nitrogens with one attached hydrogen (secondary N) is 3. The van der Waals surface area contributed by atoms with Crippen LogP contribution in [0.15, 0.2) is 110 Å². The number of benzene rings is 3. The smallest absolute Gasteiger partial charge is 0.245 e. The van der Waals surface area contributed by atoms with Crippen LogP contribution in [0.5, 0.6) is 0 Å². The molecule has 11 heteroatoms. The highest BCUT2D eigenvalue weighted by Gasteiger charge is 2.38. The van der Waals surface area contributed by atoms with Crippen molar-refractivity contribution in [2.45, 2.75) is 63.6 Å². The number of hydrogen-bond acceptors (Lipinski definition) is 7. The molecule has 3 atom stereocenters. The molecule has 11 nitrogen and oxygen atoms in total. The van der Waals surface area contributed by atoms with Gasteiger partial charge in [0, 0.05) is 30.1 Å². The first-order valence-corrected chi connectivity index (χ1v) is 19.0. The summed E-state index contributed by atoms with van der Waals surface area (Å²) in [5.74, 6) is 2.21. The average Bonchev–Trinajstić information content (AvgIpc) is 4.02. The zero-order chi connectivity index (χ0) is 36.9. The molecule has 0 saturated carbocycles. The number of piperidine rings is 1. The second kappa shape index (κ2) is 16.0. The van der Waals surface area contributed by atoms with E-state index in [1.807, 2.05) is 103 Å². The minimum absolute atomic E-state index is 0.0530. The van der Waals surface area contributed by atoms with Crippen molar-refractivity contribution in [1.29, 1.82) is 0 Å². The molecule has 0 aliphatic carbocycles. The molecule has 3 N–H and O–H groups in total. The molecule has 5 heterocycles. The van der Waals surface area contributed by atoms with Crippen LogP contribution in [-0.2, 0) is 16.0 Å². The molecule has 0 spiro atoms. The number of carbonyl (C=O) groups is 2. The van der Waals surface area contributed by atoms with Gasteiger partial charge in [-0.25, -0.2) is 19.9 Å². The minimum Gasteiger partial charge on any atom is -0.346 e. The normalized spacial score (nSPS) is 17.3. The highest BCUT2D eigenvalue weighted by atomic mass is 16.2. The molecule has 8 rings (SSSR count). The first-order chi connectivity index (χ1) is 26.5. The number of aromatic amines is 2. The number of nitrogens with zero attached hydrogens (tertiary/aromatic N) is 6. The Balaban J connectivity index is 0.911. The van der Waals surface area contributed by atoms with E-state index in [1.54, 1.807) is 6.20 Å². The van der Waals surface area contributed by atoms with Gasteiger partial charge in [0.15, 0.2) is 5.82 Å². The molecule has 2 saturated heterocycles. The van der Waals surface area contributed by atoms with E-state index in [0.717, 1.165) is 90.3 Å². The maximum Gasteiger partial charge on any atom is 0.245 e. The van der Waals surface area contributed by atoms with E-state index in [0.29, 0.717) is 18.1 Å². The van der Waals surface area contributed by atoms with E-state index in [4.69, 9.17) is 4.98 Å². The summed E-state index contributed by atoms with van der Waals surface area (Å²) in [6.45, 7) is 4.53. The van der Waals surface area contributed by atoms with Crippen LogP contribution in [-0.4, -0.2) is 71.2 Å². The molecule has 274 valence electrons. The number of H-pyrrole nitrogens is 2. The summed E-state index contributed by atoms with van der Waals surface area (Å²) < 4.78 is 0. The van der Waals surface area contributed by atoms with Crippen LogP contribution in [0.4, 0.5) is 0 Å². The second-order valence-electron chi connectivity index (χ2n) is 14.3. The Morgan fingerprint density at radius 1 is 0.722 bits per heavy atom. The number of rotatable bonds is 11. The lowest BCUT2D eigenvalue weighted by Gasteiger charge is -2.37. The highest BCUT2D eigenvalue weighted by molar-refractivity contribution is 5.84. The summed E-state index contributed by atoms with van der Waals surface area (Å²) in [6.07, 6.45) is 12.8. The summed E-state index contributed by atoms with van der Waals surface area (Å²) in [4.78, 5) is 56.8. The molecule has 54 heavy (non-hydrogen) atoms. The number of imidazole rings is 2. The molecule has 2 aliphatic heterocycles. The third kappa shape index (κ3) is 7.72. The van der Waals surface area contributed by atoms with Crippen LogP contribution in [0.1, 0.15) is 79.9 Å². The summed E-state index contributed by atoms with van der Waals surface area (Å²) in [7, 11) is 0. The summed E-state index contributed by atoms with van der Waals surface area (Å²) >= 11 is 0. The van der Waals surface area contributed by atoms with Gasteiger partial charge in [-0.05, 0) is 62.4 Å². The van der Waals surface area contributed by atoms with Crippen LogP contribution in [0, 0.1) is 0 Å². The standard InChI is InChI=1S/C43H45N9O2/c1-29(48-38(53)24-30-12-5-2-6-13-30)40-46-27-35(49-40)31-17-19-33(20-18-31)41-44-25-34(26-45-41)36-28-47-42(50-36)37-16-11-23-52(37)43(54)39(32-14-7-3-8-15-32)51-21-9-4-10-22-51/h2-3,5-8,12-15,17-20,25-29,37,39H,4,9-11,16,21-24H2,1H3,(H,46,49)(H,47,50)(H,48,53)/t29-,37-,39+/m0/s1. The SMILES string of the molecule is C[C@H](NC(=O)Cc1ccccc1)c1ncc(-c2ccc(-c3ncc(-c4cnc([C@@H]5CCCN5C(=O)[C@@H](c5ccccc5)N5CCCCC5)[nH]4)cn3)cc2)[nH]1. The van der Waals surface area contributed by atoms with Gasteiger partial charge < -0.3 is 20.2 Å². The van der Waals surface area contributed by atoms with E-state index in [9.17, 15) is 9.59 Å². The third-order valence-corrected chi connectivity index (χ3v) is 10.6. The zero-order valence-corrected chi connectivity index (χ0v) is 30.5. The van der Waals surface area contributed by atoms with E-state index < -0.39 is 0 Å². The van der Waals surface area contributed by atoms with Gasteiger partial charge in [-0.15, -0.1) is 0 Å². The molecule has 2 fully saturated rings. The molecule has 6 aromatic rings. The van der Waals surface area contributed by atoms with Gasteiger partial charge >= 0.3 is 0 Å². The predicted octanol–water partition coefficient (Wildman–Crippen LogP) is 7.23. The molecule has 0 bridgehead atoms. The predicted molar refractivity (Wildman–Crippen MR) is 208 cm³/mol. The van der Waals surface area contributed by atoms with E-state index >= 15 is 0 Å². The van der Waals surface area contributed by atoms with Crippen molar-refractivity contribution in [3.8, 4) is 33.9 Å². The first-order valence-electron chi connectivity index (χ1n) is 19.0. The Labute approximate surface area is 315 Å². The van der Waals surface area contributed by atoms with Gasteiger partial charge in [0.1, 0.15) is 17.7 Å². The Kier molecular flexibility index (Phi) is 10.4. The van der Waals surface area contributed by atoms with Gasteiger partial charge in [0.2, 0.25) is 11.8 Å². The van der Waals surface area contributed by atoms with Gasteiger partial charge in [-0.3, -0.25) is 14.5 Å². The number of hydrogen-bond donors (Lipinski definition) is 3. The summed E-state index contributed by atoms with van der Waals surface area (Å²) in [5, 5.41) is 3.03. The zero-order valence-electron chi connectivity index (χ0n) is 30.5. The summed E-state index contributed by atoms with van der Waals surface area (Å²) in [5.41, 5.74) is 6.39. The van der Waals surface area contributed by atoms with Crippen LogP contribution in [0.3, 0.4) is 0 Å². The molecular weight excluding hydrogens is 675 g/mol. The number of amides is 2. The van der Waals surface area contributed by atoms with Crippen LogP contribution in [0.2, 0.25) is 0 Å². The van der Waals surface area contributed by atoms with Crippen molar-refractivity contribution in [2.75, 3.05) is 19.6 Å². The lowest BCUT2D eigenvalue weighted by molar-refractivity contribution is -0.139. The molecule has 0 unspecified atom stereocenters. The average molecular weight is 720 g/mol. The Morgan fingerprint density at radius 3 is 2.13 bits per heavy atom.